The fraction of sp³-hybridized carbons (Fsp3) is 0.0323. The molecule has 0 aliphatic heterocycles. The van der Waals surface area contributed by atoms with Crippen LogP contribution in [0.25, 0.3) is 101 Å². The molecule has 2 unspecified atom stereocenters. The monoisotopic (exact) mass is 882 g/mol. The third-order valence-corrected chi connectivity index (χ3v) is 13.8. The maximum Gasteiger partial charge on any atom is 0.164 e. The first-order chi connectivity index (χ1) is 34.2. The number of rotatable bonds is 7. The molecule has 0 fully saturated rings. The van der Waals surface area contributed by atoms with Gasteiger partial charge in [-0.15, -0.1) is 0 Å². The third kappa shape index (κ3) is 6.43. The molecule has 2 bridgehead atoms. The van der Waals surface area contributed by atoms with Crippen molar-refractivity contribution >= 4 is 21.9 Å². The Balaban J connectivity index is 0.904. The van der Waals surface area contributed by atoms with E-state index in [4.69, 9.17) is 34.3 Å². The lowest BCUT2D eigenvalue weighted by atomic mass is 9.61. The fourth-order valence-electron chi connectivity index (χ4n) is 10.6. The van der Waals surface area contributed by atoms with Crippen LogP contribution >= 0.6 is 0 Å². The van der Waals surface area contributed by atoms with Gasteiger partial charge in [-0.05, 0) is 57.1 Å². The first kappa shape index (κ1) is 39.0. The summed E-state index contributed by atoms with van der Waals surface area (Å²) in [6, 6.07) is 75.8. The number of para-hydroxylation sites is 2. The van der Waals surface area contributed by atoms with Crippen molar-refractivity contribution in [2.45, 2.75) is 11.8 Å². The van der Waals surface area contributed by atoms with Gasteiger partial charge in [0.25, 0.3) is 0 Å². The van der Waals surface area contributed by atoms with Gasteiger partial charge < -0.3 is 4.42 Å². The second-order valence-corrected chi connectivity index (χ2v) is 17.7. The Morgan fingerprint density at radius 1 is 0.261 bits per heavy atom. The van der Waals surface area contributed by atoms with Gasteiger partial charge in [-0.3, -0.25) is 0 Å². The predicted molar refractivity (Wildman–Crippen MR) is 273 cm³/mol. The lowest BCUT2D eigenvalue weighted by molar-refractivity contribution is 0.670. The first-order valence-electron chi connectivity index (χ1n) is 23.3. The van der Waals surface area contributed by atoms with Crippen LogP contribution in [-0.4, -0.2) is 29.9 Å². The van der Waals surface area contributed by atoms with Gasteiger partial charge in [-0.1, -0.05) is 200 Å². The molecule has 7 heteroatoms. The Labute approximate surface area is 397 Å². The van der Waals surface area contributed by atoms with Gasteiger partial charge in [0, 0.05) is 61.6 Å². The summed E-state index contributed by atoms with van der Waals surface area (Å²) in [4.78, 5) is 30.9. The normalized spacial score (nSPS) is 14.4. The second kappa shape index (κ2) is 15.7. The van der Waals surface area contributed by atoms with Crippen LogP contribution in [0.5, 0.6) is 0 Å². The van der Waals surface area contributed by atoms with Crippen LogP contribution in [-0.2, 0) is 0 Å². The van der Waals surface area contributed by atoms with E-state index in [1.807, 2.05) is 97.1 Å². The lowest BCUT2D eigenvalue weighted by Gasteiger charge is -2.42. The van der Waals surface area contributed by atoms with Crippen molar-refractivity contribution in [2.75, 3.05) is 0 Å². The topological polar surface area (TPSA) is 90.5 Å². The lowest BCUT2D eigenvalue weighted by Crippen LogP contribution is -2.27. The molecule has 0 spiro atoms. The summed E-state index contributed by atoms with van der Waals surface area (Å²) in [5.41, 5.74) is 17.0. The Hall–Kier alpha value is -9.20. The number of furan rings is 1. The highest BCUT2D eigenvalue weighted by atomic mass is 16.3. The van der Waals surface area contributed by atoms with E-state index in [0.29, 0.717) is 34.9 Å². The van der Waals surface area contributed by atoms with Crippen molar-refractivity contribution in [2.24, 2.45) is 0 Å². The Morgan fingerprint density at radius 3 is 1.19 bits per heavy atom. The molecule has 322 valence electrons. The molecule has 3 heterocycles. The average Bonchev–Trinajstić information content (AvgIpc) is 3.82. The van der Waals surface area contributed by atoms with Crippen LogP contribution in [0.4, 0.5) is 0 Å². The van der Waals surface area contributed by atoms with Crippen LogP contribution in [0.3, 0.4) is 0 Å². The van der Waals surface area contributed by atoms with E-state index in [1.165, 1.54) is 33.4 Å². The molecule has 69 heavy (non-hydrogen) atoms. The van der Waals surface area contributed by atoms with E-state index in [1.54, 1.807) is 0 Å². The number of hydrogen-bond acceptors (Lipinski definition) is 7. The van der Waals surface area contributed by atoms with Gasteiger partial charge in [0.2, 0.25) is 0 Å². The van der Waals surface area contributed by atoms with Gasteiger partial charge >= 0.3 is 0 Å². The molecular formula is C62H38N6O. The minimum absolute atomic E-state index is 0.00300. The smallest absolute Gasteiger partial charge is 0.164 e. The van der Waals surface area contributed by atoms with Crippen molar-refractivity contribution in [3.8, 4) is 79.5 Å². The molecule has 0 amide bonds. The van der Waals surface area contributed by atoms with Gasteiger partial charge in [0.15, 0.2) is 34.9 Å². The first-order valence-corrected chi connectivity index (χ1v) is 23.3. The summed E-state index contributed by atoms with van der Waals surface area (Å²) in [6.07, 6.45) is 0. The molecule has 9 aromatic carbocycles. The Kier molecular flexibility index (Phi) is 8.89. The van der Waals surface area contributed by atoms with Gasteiger partial charge in [0.1, 0.15) is 11.2 Å². The molecule has 7 nitrogen and oxygen atoms in total. The summed E-state index contributed by atoms with van der Waals surface area (Å²) >= 11 is 0. The highest BCUT2D eigenvalue weighted by Crippen LogP contribution is 2.56. The van der Waals surface area contributed by atoms with Crippen molar-refractivity contribution in [3.05, 3.63) is 252 Å². The summed E-state index contributed by atoms with van der Waals surface area (Å²) in [5, 5.41) is 2.16. The third-order valence-electron chi connectivity index (χ3n) is 13.8. The summed E-state index contributed by atoms with van der Waals surface area (Å²) in [5.74, 6) is 3.76. The number of nitrogens with zero attached hydrogens (tertiary/aromatic N) is 6. The van der Waals surface area contributed by atoms with Crippen molar-refractivity contribution in [1.82, 2.24) is 29.9 Å². The van der Waals surface area contributed by atoms with Crippen LogP contribution < -0.4 is 0 Å². The Bertz CT molecular complexity index is 3920. The quantitative estimate of drug-likeness (QED) is 0.157. The molecule has 3 aliphatic carbocycles. The van der Waals surface area contributed by atoms with E-state index in [0.717, 1.165) is 66.4 Å². The summed E-state index contributed by atoms with van der Waals surface area (Å²) < 4.78 is 6.55. The maximum atomic E-state index is 6.55. The molecule has 0 saturated carbocycles. The maximum absolute atomic E-state index is 6.55. The zero-order valence-electron chi connectivity index (χ0n) is 37.0. The molecule has 15 rings (SSSR count). The molecule has 3 aromatic heterocycles. The summed E-state index contributed by atoms with van der Waals surface area (Å²) in [6.45, 7) is 0. The molecular weight excluding hydrogens is 845 g/mol. The second-order valence-electron chi connectivity index (χ2n) is 17.7. The van der Waals surface area contributed by atoms with Gasteiger partial charge in [-0.2, -0.15) is 0 Å². The molecule has 2 atom stereocenters. The summed E-state index contributed by atoms with van der Waals surface area (Å²) in [7, 11) is 0. The zero-order valence-corrected chi connectivity index (χ0v) is 37.0. The molecule has 12 aromatic rings. The zero-order chi connectivity index (χ0) is 45.4. The molecule has 0 radical (unpaired) electrons. The van der Waals surface area contributed by atoms with E-state index in [2.05, 4.69) is 121 Å². The number of hydrogen-bond donors (Lipinski definition) is 0. The van der Waals surface area contributed by atoms with Crippen molar-refractivity contribution in [3.63, 3.8) is 0 Å². The number of fused-ring (bicyclic) bond motifs is 3. The highest BCUT2D eigenvalue weighted by Gasteiger charge is 2.41. The fourth-order valence-corrected chi connectivity index (χ4v) is 10.6. The molecule has 0 N–H and O–H groups in total. The standard InChI is InChI=1S/C62H38N6O/c1-4-17-37(18-5-1)57-63-58(38-19-6-2-7-20-38)65-60(64-57)40-31-33-46-51(35-40)54-44-25-11-12-26-45(44)55(46)52-36-41(32-34-47(52)54)61-66-59(39-21-8-3-9-22-39)67-62(68-61)50-27-13-10-23-42(50)48-28-16-29-49-43-24-14-15-30-53(43)69-56(48)49/h1-36,54-55H. The number of aromatic nitrogens is 6. The number of benzene rings is 9. The highest BCUT2D eigenvalue weighted by molar-refractivity contribution is 6.10. The van der Waals surface area contributed by atoms with Crippen LogP contribution in [0, 0.1) is 0 Å². The van der Waals surface area contributed by atoms with Crippen LogP contribution in [0.2, 0.25) is 0 Å². The minimum Gasteiger partial charge on any atom is -0.455 e. The Morgan fingerprint density at radius 2 is 0.652 bits per heavy atom. The molecule has 0 saturated heterocycles. The molecule has 3 aliphatic rings. The minimum atomic E-state index is 0.00300. The van der Waals surface area contributed by atoms with Crippen LogP contribution in [0.1, 0.15) is 45.2 Å². The largest absolute Gasteiger partial charge is 0.455 e. The van der Waals surface area contributed by atoms with Crippen LogP contribution in [0.15, 0.2) is 223 Å². The van der Waals surface area contributed by atoms with Gasteiger partial charge in [0.05, 0.1) is 0 Å². The average molecular weight is 883 g/mol. The van der Waals surface area contributed by atoms with Gasteiger partial charge in [-0.25, -0.2) is 29.9 Å². The van der Waals surface area contributed by atoms with E-state index >= 15 is 0 Å². The SMILES string of the molecule is c1ccc(-c2nc(-c3ccccc3)nc(-c3ccc4c(c3)C3c5ccccc5C4c4cc(-c5nc(-c6ccccc6)nc(-c6ccccc6-c6cccc7c6oc6ccccc67)n5)ccc43)n2)cc1. The van der Waals surface area contributed by atoms with E-state index in [-0.39, 0.29) is 11.8 Å². The predicted octanol–water partition coefficient (Wildman–Crippen LogP) is 14.6. The van der Waals surface area contributed by atoms with Crippen molar-refractivity contribution < 1.29 is 4.42 Å². The van der Waals surface area contributed by atoms with E-state index in [9.17, 15) is 0 Å². The van der Waals surface area contributed by atoms with E-state index < -0.39 is 0 Å². The van der Waals surface area contributed by atoms with Crippen molar-refractivity contribution in [1.29, 1.82) is 0 Å².